The summed E-state index contributed by atoms with van der Waals surface area (Å²) < 4.78 is 0. The van der Waals surface area contributed by atoms with Crippen molar-refractivity contribution in [1.29, 1.82) is 0 Å². The van der Waals surface area contributed by atoms with Crippen LogP contribution in [0.2, 0.25) is 0 Å². The van der Waals surface area contributed by atoms with Crippen molar-refractivity contribution in [2.45, 2.75) is 0 Å². The molecule has 5 heavy (non-hydrogen) atoms. The van der Waals surface area contributed by atoms with E-state index >= 15 is 0 Å². The Balaban J connectivity index is 0. The van der Waals surface area contributed by atoms with Crippen molar-refractivity contribution in [2.24, 2.45) is 0 Å². The molecule has 5 heteroatoms. The van der Waals surface area contributed by atoms with Crippen molar-refractivity contribution >= 4 is 0 Å². The van der Waals surface area contributed by atoms with E-state index in [0.717, 1.165) is 0 Å². The fourth-order valence-electron chi connectivity index (χ4n) is 0. The molecule has 0 spiro atoms. The van der Waals surface area contributed by atoms with Gasteiger partial charge in [0.05, 0.1) is 0 Å². The molecule has 0 atom stereocenters. The molecule has 0 aromatic rings. The van der Waals surface area contributed by atoms with Gasteiger partial charge in [-0.3, -0.25) is 0 Å². The van der Waals surface area contributed by atoms with Crippen LogP contribution in [0.5, 0.6) is 0 Å². The normalized spacial score (nSPS) is 0. The molecule has 0 fully saturated rings. The first-order chi connectivity index (χ1) is 0. The fourth-order valence-corrected chi connectivity index (χ4v) is 0. The Bertz CT molecular complexity index is 11.6. The molecule has 0 amide bonds. The van der Waals surface area contributed by atoms with Crippen LogP contribution in [0.15, 0.2) is 0 Å². The van der Waals surface area contributed by atoms with Gasteiger partial charge in [-0.2, -0.15) is 0 Å². The molecule has 0 aliphatic rings. The van der Waals surface area contributed by atoms with Crippen LogP contribution in [-0.4, -0.2) is 0 Å². The first kappa shape index (κ1) is 47.0. The van der Waals surface area contributed by atoms with Crippen LogP contribution in [-0.2, 0) is 88.5 Å². The van der Waals surface area contributed by atoms with E-state index < -0.39 is 0 Å². The summed E-state index contributed by atoms with van der Waals surface area (Å²) in [6, 6.07) is 0. The van der Waals surface area contributed by atoms with Crippen LogP contribution in [0.4, 0.5) is 0 Å². The largest absolute Gasteiger partial charge is 0 e. The molecular weight excluding hydrogens is 432 g/mol. The van der Waals surface area contributed by atoms with Gasteiger partial charge >= 0.3 is 0 Å². The Kier molecular flexibility index (Phi) is 279. The molecule has 0 aromatic carbocycles. The van der Waals surface area contributed by atoms with Gasteiger partial charge in [-0.15, -0.1) is 0 Å². The molecule has 0 rings (SSSR count). The summed E-state index contributed by atoms with van der Waals surface area (Å²) in [5.41, 5.74) is 0. The molecule has 0 nitrogen and oxygen atoms in total. The smallest absolute Gasteiger partial charge is 0 e. The molecular formula is CoCuFeNiPt. The molecule has 0 saturated carbocycles. The molecule has 0 unspecified atom stereocenters. The van der Waals surface area contributed by atoms with Crippen LogP contribution in [0.1, 0.15) is 0 Å². The minimum atomic E-state index is 0. The fraction of sp³-hybridized carbons (Fsp3) is 0. The molecule has 2 radical (unpaired) electrons. The number of rotatable bonds is 0. The predicted molar refractivity (Wildman–Crippen MR) is 0 cm³/mol. The maximum absolute atomic E-state index is 0. The van der Waals surface area contributed by atoms with Gasteiger partial charge < -0.3 is 0 Å². The van der Waals surface area contributed by atoms with Gasteiger partial charge in [-0.25, -0.2) is 0 Å². The Morgan fingerprint density at radius 3 is 1.00 bits per heavy atom. The number of hydrogen-bond acceptors (Lipinski definition) is 0. The molecule has 0 heterocycles. The third-order valence-corrected chi connectivity index (χ3v) is 0. The Morgan fingerprint density at radius 1 is 1.00 bits per heavy atom. The molecule has 0 bridgehead atoms. The first-order valence-electron chi connectivity index (χ1n) is 0. The van der Waals surface area contributed by atoms with Crippen molar-refractivity contribution in [3.63, 3.8) is 0 Å². The standard InChI is InChI=1S/Co.Cu.Fe.Ni.Pt. The molecule has 0 aromatic heterocycles. The van der Waals surface area contributed by atoms with Gasteiger partial charge in [0.2, 0.25) is 0 Å². The third kappa shape index (κ3) is 20.2. The first-order valence-corrected chi connectivity index (χ1v) is 0. The molecule has 0 N–H and O–H groups in total. The quantitative estimate of drug-likeness (QED) is 0.473. The van der Waals surface area contributed by atoms with Crippen LogP contribution in [0, 0.1) is 0 Å². The Morgan fingerprint density at radius 2 is 1.00 bits per heavy atom. The topological polar surface area (TPSA) is 0 Å². The second-order valence-corrected chi connectivity index (χ2v) is 0. The van der Waals surface area contributed by atoms with Crippen LogP contribution in [0.3, 0.4) is 0 Å². The van der Waals surface area contributed by atoms with Crippen molar-refractivity contribution in [3.8, 4) is 0 Å². The van der Waals surface area contributed by atoms with Gasteiger partial charge in [0, 0.05) is 88.5 Å². The van der Waals surface area contributed by atoms with Crippen molar-refractivity contribution < 1.29 is 88.5 Å². The van der Waals surface area contributed by atoms with E-state index in [1.54, 1.807) is 0 Å². The Labute approximate surface area is 87.3 Å². The summed E-state index contributed by atoms with van der Waals surface area (Å²) in [6.07, 6.45) is 0. The van der Waals surface area contributed by atoms with Crippen LogP contribution in [0.25, 0.3) is 0 Å². The number of hydrogen-bond donors (Lipinski definition) is 0. The van der Waals surface area contributed by atoms with Gasteiger partial charge in [-0.05, 0) is 0 Å². The van der Waals surface area contributed by atoms with Crippen molar-refractivity contribution in [1.82, 2.24) is 0 Å². The molecule has 48 valence electrons. The minimum absolute atomic E-state index is 0. The van der Waals surface area contributed by atoms with Gasteiger partial charge in [0.25, 0.3) is 0 Å². The SMILES string of the molecule is [Co].[Cu].[Fe].[Ni].[Pt]. The second kappa shape index (κ2) is 29.7. The summed E-state index contributed by atoms with van der Waals surface area (Å²) in [6.45, 7) is 0. The summed E-state index contributed by atoms with van der Waals surface area (Å²) >= 11 is 0. The average Bonchev–Trinajstić information content (AvgIpc) is 0. The average molecular weight is 432 g/mol. The van der Waals surface area contributed by atoms with E-state index in [-0.39, 0.29) is 88.5 Å². The van der Waals surface area contributed by atoms with Crippen molar-refractivity contribution in [2.75, 3.05) is 0 Å². The van der Waals surface area contributed by atoms with E-state index in [4.69, 9.17) is 0 Å². The molecule has 0 aliphatic heterocycles. The van der Waals surface area contributed by atoms with Crippen LogP contribution < -0.4 is 0 Å². The zero-order valence-corrected chi connectivity index (χ0v) is 7.97. The van der Waals surface area contributed by atoms with E-state index in [2.05, 4.69) is 0 Å². The minimum Gasteiger partial charge on any atom is 0 e. The third-order valence-electron chi connectivity index (χ3n) is 0. The monoisotopic (exact) mass is 431 g/mol. The zero-order valence-electron chi connectivity index (χ0n) is 1.62. The maximum Gasteiger partial charge on any atom is 0 e. The van der Waals surface area contributed by atoms with Gasteiger partial charge in [-0.1, -0.05) is 0 Å². The molecule has 0 aliphatic carbocycles. The predicted octanol–water partition coefficient (Wildman–Crippen LogP) is -0.0125. The summed E-state index contributed by atoms with van der Waals surface area (Å²) in [5, 5.41) is 0. The summed E-state index contributed by atoms with van der Waals surface area (Å²) in [5.74, 6) is 0. The van der Waals surface area contributed by atoms with Gasteiger partial charge in [0.15, 0.2) is 0 Å². The zero-order chi connectivity index (χ0) is 0. The van der Waals surface area contributed by atoms with E-state index in [0.29, 0.717) is 0 Å². The summed E-state index contributed by atoms with van der Waals surface area (Å²) in [7, 11) is 0. The van der Waals surface area contributed by atoms with Crippen LogP contribution >= 0.6 is 0 Å². The van der Waals surface area contributed by atoms with E-state index in [1.807, 2.05) is 0 Å². The van der Waals surface area contributed by atoms with Crippen molar-refractivity contribution in [3.05, 3.63) is 0 Å². The van der Waals surface area contributed by atoms with E-state index in [1.165, 1.54) is 0 Å². The van der Waals surface area contributed by atoms with E-state index in [9.17, 15) is 0 Å². The second-order valence-electron chi connectivity index (χ2n) is 0. The molecule has 0 saturated heterocycles. The summed E-state index contributed by atoms with van der Waals surface area (Å²) in [4.78, 5) is 0. The maximum atomic E-state index is 0. The van der Waals surface area contributed by atoms with Gasteiger partial charge in [0.1, 0.15) is 0 Å². The Hall–Kier alpha value is 2.73.